The summed E-state index contributed by atoms with van der Waals surface area (Å²) < 4.78 is 11.3. The minimum Gasteiger partial charge on any atom is -0.312 e. The van der Waals surface area contributed by atoms with E-state index in [2.05, 4.69) is 26.1 Å². The molecule has 1 aromatic carbocycles. The van der Waals surface area contributed by atoms with Gasteiger partial charge < -0.3 is 5.31 Å². The first-order valence-electron chi connectivity index (χ1n) is 9.85. The standard InChI is InChI=1S/C20H26N4O3/c1-20(2,3)17-12(10-21-17)11-6-5-7-13-16(11)23(4)19(27)24(13)14-8-9-15(25)22-18(14)26/h5-7,12,14,17,21H,8-10H2,1-4H3,(H,22,25,26)/i/hD. The van der Waals surface area contributed by atoms with Gasteiger partial charge in [0.25, 0.3) is 0 Å². The number of rotatable bonds is 2. The average molecular weight is 371 g/mol. The first-order chi connectivity index (χ1) is 13.1. The number of carbonyl (C=O) groups excluding carboxylic acids is 2. The molecule has 7 nitrogen and oxygen atoms in total. The molecule has 3 unspecified atom stereocenters. The van der Waals surface area contributed by atoms with Crippen molar-refractivity contribution in [2.24, 2.45) is 12.5 Å². The van der Waals surface area contributed by atoms with Gasteiger partial charge in [-0.15, -0.1) is 0 Å². The van der Waals surface area contributed by atoms with Crippen molar-refractivity contribution in [1.82, 2.24) is 19.8 Å². The Labute approximate surface area is 159 Å². The van der Waals surface area contributed by atoms with Crippen LogP contribution >= 0.6 is 0 Å². The number of benzene rings is 1. The molecule has 7 heteroatoms. The average Bonchev–Trinajstić information content (AvgIpc) is 2.83. The minimum absolute atomic E-state index is 0.0483. The predicted octanol–water partition coefficient (Wildman–Crippen LogP) is 1.42. The third-order valence-corrected chi connectivity index (χ3v) is 5.82. The van der Waals surface area contributed by atoms with E-state index in [9.17, 15) is 14.4 Å². The maximum atomic E-state index is 13.1. The van der Waals surface area contributed by atoms with Crippen molar-refractivity contribution in [3.63, 3.8) is 0 Å². The summed E-state index contributed by atoms with van der Waals surface area (Å²) in [6.45, 7) is 6.98. The lowest BCUT2D eigenvalue weighted by atomic mass is 9.71. The molecule has 2 N–H and O–H groups in total. The number of imide groups is 1. The monoisotopic (exact) mass is 371 g/mol. The molecule has 0 spiro atoms. The number of hydrogen-bond acceptors (Lipinski definition) is 4. The summed E-state index contributed by atoms with van der Waals surface area (Å²) in [5, 5.41) is 3.95. The van der Waals surface area contributed by atoms with Gasteiger partial charge in [-0.2, -0.15) is 0 Å². The zero-order valence-corrected chi connectivity index (χ0v) is 16.2. The Kier molecular flexibility index (Phi) is 3.75. The third-order valence-electron chi connectivity index (χ3n) is 5.82. The summed E-state index contributed by atoms with van der Waals surface area (Å²) in [6, 6.07) is 5.15. The highest BCUT2D eigenvalue weighted by Gasteiger charge is 2.41. The van der Waals surface area contributed by atoms with Crippen LogP contribution in [-0.2, 0) is 16.6 Å². The van der Waals surface area contributed by atoms with Gasteiger partial charge in [-0.1, -0.05) is 32.9 Å². The van der Waals surface area contributed by atoms with Crippen molar-refractivity contribution in [3.05, 3.63) is 34.2 Å². The molecule has 2 aliphatic heterocycles. The molecule has 3 heterocycles. The Morgan fingerprint density at radius 2 is 1.96 bits per heavy atom. The van der Waals surface area contributed by atoms with Crippen LogP contribution in [-0.4, -0.2) is 33.5 Å². The molecular weight excluding hydrogens is 344 g/mol. The zero-order chi connectivity index (χ0) is 20.4. The van der Waals surface area contributed by atoms with E-state index in [0.717, 1.165) is 11.1 Å². The number of fused-ring (bicyclic) bond motifs is 1. The number of imidazole rings is 1. The number of piperidine rings is 1. The molecule has 2 saturated heterocycles. The van der Waals surface area contributed by atoms with E-state index in [1.807, 2.05) is 18.2 Å². The summed E-state index contributed by atoms with van der Waals surface area (Å²) in [6.07, 6.45) is 0.546. The Balaban J connectivity index is 1.86. The molecule has 2 amide bonds. The van der Waals surface area contributed by atoms with Crippen LogP contribution in [0.15, 0.2) is 23.0 Å². The lowest BCUT2D eigenvalue weighted by Crippen LogP contribution is -2.57. The van der Waals surface area contributed by atoms with Gasteiger partial charge in [0.1, 0.15) is 7.45 Å². The second-order valence-electron chi connectivity index (χ2n) is 8.68. The fraction of sp³-hybridized carbons (Fsp3) is 0.550. The number of para-hydroxylation sites is 1. The molecule has 2 aliphatic rings. The van der Waals surface area contributed by atoms with Crippen LogP contribution in [0.2, 0.25) is 1.41 Å². The van der Waals surface area contributed by atoms with Crippen molar-refractivity contribution in [3.8, 4) is 0 Å². The van der Waals surface area contributed by atoms with Crippen LogP contribution in [0.1, 0.15) is 51.1 Å². The van der Waals surface area contributed by atoms with E-state index in [0.29, 0.717) is 18.5 Å². The zero-order valence-electron chi connectivity index (χ0n) is 17.2. The lowest BCUT2D eigenvalue weighted by molar-refractivity contribution is -0.135. The second kappa shape index (κ2) is 6.05. The van der Waals surface area contributed by atoms with Crippen molar-refractivity contribution in [2.75, 3.05) is 6.54 Å². The normalized spacial score (nSPS) is 27.4. The summed E-state index contributed by atoms with van der Waals surface area (Å²) in [4.78, 5) is 37.0. The van der Waals surface area contributed by atoms with Crippen molar-refractivity contribution < 1.29 is 11.0 Å². The molecule has 2 fully saturated rings. The molecule has 0 saturated carbocycles. The topological polar surface area (TPSA) is 85.1 Å². The van der Waals surface area contributed by atoms with E-state index >= 15 is 0 Å². The smallest absolute Gasteiger partial charge is 0.312 e. The predicted molar refractivity (Wildman–Crippen MR) is 103 cm³/mol. The third kappa shape index (κ3) is 2.72. The van der Waals surface area contributed by atoms with Gasteiger partial charge in [0, 0.05) is 32.0 Å². The second-order valence-corrected chi connectivity index (χ2v) is 8.68. The molecule has 144 valence electrons. The van der Waals surface area contributed by atoms with Gasteiger partial charge >= 0.3 is 5.69 Å². The van der Waals surface area contributed by atoms with Gasteiger partial charge in [0.2, 0.25) is 11.8 Å². The van der Waals surface area contributed by atoms with Gasteiger partial charge in [-0.05, 0) is 23.5 Å². The summed E-state index contributed by atoms with van der Waals surface area (Å²) in [5.41, 5.74) is 2.22. The Bertz CT molecular complexity index is 1030. The summed E-state index contributed by atoms with van der Waals surface area (Å²) in [5.74, 6) is -0.581. The van der Waals surface area contributed by atoms with Gasteiger partial charge in [-0.25, -0.2) is 4.79 Å². The van der Waals surface area contributed by atoms with Crippen LogP contribution in [0, 0.1) is 5.41 Å². The molecule has 0 bridgehead atoms. The number of aryl methyl sites for hydroxylation is 1. The van der Waals surface area contributed by atoms with Crippen molar-refractivity contribution in [2.45, 2.75) is 51.6 Å². The van der Waals surface area contributed by atoms with E-state index < -0.39 is 11.9 Å². The summed E-state index contributed by atoms with van der Waals surface area (Å²) >= 11 is 0. The van der Waals surface area contributed by atoms with E-state index in [1.165, 1.54) is 4.57 Å². The molecule has 0 radical (unpaired) electrons. The van der Waals surface area contributed by atoms with Gasteiger partial charge in [0.15, 0.2) is 0 Å². The van der Waals surface area contributed by atoms with Crippen LogP contribution in [0.5, 0.6) is 0 Å². The van der Waals surface area contributed by atoms with Crippen LogP contribution in [0.25, 0.3) is 11.0 Å². The Hall–Kier alpha value is -2.41. The number of nitrogens with one attached hydrogen (secondary N) is 2. The number of carbonyl (C=O) groups is 2. The summed E-state index contributed by atoms with van der Waals surface area (Å²) in [7, 11) is 1.72. The first-order valence-corrected chi connectivity index (χ1v) is 9.40. The number of amides is 2. The van der Waals surface area contributed by atoms with Crippen molar-refractivity contribution >= 4 is 22.8 Å². The van der Waals surface area contributed by atoms with E-state index in [1.54, 1.807) is 16.9 Å². The Morgan fingerprint density at radius 3 is 2.59 bits per heavy atom. The molecule has 1 aromatic heterocycles. The molecule has 0 aliphatic carbocycles. The molecule has 27 heavy (non-hydrogen) atoms. The Morgan fingerprint density at radius 1 is 1.22 bits per heavy atom. The van der Waals surface area contributed by atoms with E-state index in [4.69, 9.17) is 1.41 Å². The number of aromatic nitrogens is 2. The van der Waals surface area contributed by atoms with Crippen molar-refractivity contribution in [1.29, 1.82) is 0 Å². The fourth-order valence-corrected chi connectivity index (χ4v) is 4.46. The highest BCUT2D eigenvalue weighted by atomic mass is 16.2. The minimum atomic E-state index is -0.684. The van der Waals surface area contributed by atoms with Crippen LogP contribution in [0.4, 0.5) is 0 Å². The van der Waals surface area contributed by atoms with Gasteiger partial charge in [-0.3, -0.25) is 24.0 Å². The largest absolute Gasteiger partial charge is 0.329 e. The number of hydrogen-bond donors (Lipinski definition) is 2. The first kappa shape index (κ1) is 16.7. The molecule has 3 atom stereocenters. The van der Waals surface area contributed by atoms with E-state index in [-0.39, 0.29) is 35.4 Å². The molecular formula is C20H26N4O3. The fourth-order valence-electron chi connectivity index (χ4n) is 4.46. The number of nitrogens with zero attached hydrogens (tertiary/aromatic N) is 2. The maximum Gasteiger partial charge on any atom is 0.329 e. The molecule has 2 aromatic rings. The highest BCUT2D eigenvalue weighted by molar-refractivity contribution is 6.00. The molecule has 4 rings (SSSR count). The maximum absolute atomic E-state index is 13.1. The van der Waals surface area contributed by atoms with Gasteiger partial charge in [0.05, 0.1) is 11.0 Å². The SMILES string of the molecule is [2H]N1CC(c2cccc3c2n(C)c(=O)n3C2CCC(=O)NC2=O)C1C(C)(C)C. The quantitative estimate of drug-likeness (QED) is 0.782. The van der Waals surface area contributed by atoms with Crippen LogP contribution < -0.4 is 16.3 Å². The lowest BCUT2D eigenvalue weighted by Gasteiger charge is -2.46. The highest BCUT2D eigenvalue weighted by Crippen LogP contribution is 2.39. The van der Waals surface area contributed by atoms with Crippen LogP contribution in [0.3, 0.4) is 0 Å².